The summed E-state index contributed by atoms with van der Waals surface area (Å²) in [5.74, 6) is 0.847. The Labute approximate surface area is 85.3 Å². The maximum atomic E-state index is 5.62. The molecule has 0 saturated heterocycles. The van der Waals surface area contributed by atoms with Crippen molar-refractivity contribution in [2.45, 2.75) is 45.7 Å². The third-order valence-electron chi connectivity index (χ3n) is 3.19. The first kappa shape index (κ1) is 9.71. The lowest BCUT2D eigenvalue weighted by atomic mass is 10.1. The van der Waals surface area contributed by atoms with Gasteiger partial charge < -0.3 is 5.73 Å². The van der Waals surface area contributed by atoms with E-state index < -0.39 is 0 Å². The first-order valence-electron chi connectivity index (χ1n) is 5.52. The molecule has 1 aliphatic carbocycles. The van der Waals surface area contributed by atoms with Gasteiger partial charge in [0.2, 0.25) is 0 Å². The molecule has 0 radical (unpaired) electrons. The van der Waals surface area contributed by atoms with E-state index in [1.54, 1.807) is 0 Å². The minimum atomic E-state index is 0.608. The van der Waals surface area contributed by atoms with Gasteiger partial charge in [-0.3, -0.25) is 4.68 Å². The van der Waals surface area contributed by atoms with E-state index in [-0.39, 0.29) is 0 Å². The zero-order valence-electron chi connectivity index (χ0n) is 8.87. The minimum Gasteiger partial charge on any atom is -0.326 e. The van der Waals surface area contributed by atoms with Crippen LogP contribution in [0.3, 0.4) is 0 Å². The van der Waals surface area contributed by atoms with E-state index in [1.807, 2.05) is 6.92 Å². The van der Waals surface area contributed by atoms with Crippen LogP contribution in [0.4, 0.5) is 0 Å². The van der Waals surface area contributed by atoms with Gasteiger partial charge in [-0.25, -0.2) is 0 Å². The summed E-state index contributed by atoms with van der Waals surface area (Å²) in [4.78, 5) is 0. The van der Waals surface area contributed by atoms with Crippen LogP contribution in [-0.2, 0) is 13.1 Å². The van der Waals surface area contributed by atoms with E-state index >= 15 is 0 Å². The first-order valence-corrected chi connectivity index (χ1v) is 5.52. The van der Waals surface area contributed by atoms with Gasteiger partial charge in [0.25, 0.3) is 0 Å². The highest BCUT2D eigenvalue weighted by molar-refractivity contribution is 5.14. The van der Waals surface area contributed by atoms with Crippen LogP contribution >= 0.6 is 0 Å². The second-order valence-electron chi connectivity index (χ2n) is 4.32. The van der Waals surface area contributed by atoms with Crippen LogP contribution in [0.15, 0.2) is 6.20 Å². The molecule has 0 aliphatic heterocycles. The van der Waals surface area contributed by atoms with E-state index in [4.69, 9.17) is 5.73 Å². The Morgan fingerprint density at radius 2 is 2.21 bits per heavy atom. The zero-order chi connectivity index (χ0) is 9.97. The van der Waals surface area contributed by atoms with Crippen LogP contribution in [0.1, 0.15) is 36.9 Å². The van der Waals surface area contributed by atoms with Gasteiger partial charge in [-0.1, -0.05) is 12.8 Å². The molecule has 3 nitrogen and oxygen atoms in total. The summed E-state index contributed by atoms with van der Waals surface area (Å²) in [6, 6.07) is 0. The molecular weight excluding hydrogens is 174 g/mol. The number of hydrogen-bond donors (Lipinski definition) is 1. The van der Waals surface area contributed by atoms with E-state index in [9.17, 15) is 0 Å². The summed E-state index contributed by atoms with van der Waals surface area (Å²) < 4.78 is 2.08. The number of rotatable bonds is 3. The van der Waals surface area contributed by atoms with Gasteiger partial charge in [-0.05, 0) is 25.7 Å². The van der Waals surface area contributed by atoms with Gasteiger partial charge in [-0.2, -0.15) is 5.10 Å². The number of hydrogen-bond acceptors (Lipinski definition) is 2. The fraction of sp³-hybridized carbons (Fsp3) is 0.727. The molecule has 1 fully saturated rings. The van der Waals surface area contributed by atoms with Crippen LogP contribution in [0.25, 0.3) is 0 Å². The van der Waals surface area contributed by atoms with Crippen molar-refractivity contribution in [2.24, 2.45) is 11.7 Å². The van der Waals surface area contributed by atoms with Crippen molar-refractivity contribution in [3.63, 3.8) is 0 Å². The standard InChI is InChI=1S/C11H19N3/c1-9-11(6-12)8-14(13-9)7-10-4-2-3-5-10/h8,10H,2-7,12H2,1H3. The normalized spacial score (nSPS) is 17.9. The molecule has 78 valence electrons. The molecular formula is C11H19N3. The molecule has 14 heavy (non-hydrogen) atoms. The summed E-state index contributed by atoms with van der Waals surface area (Å²) in [6.45, 7) is 3.73. The van der Waals surface area contributed by atoms with Gasteiger partial charge >= 0.3 is 0 Å². The van der Waals surface area contributed by atoms with Crippen LogP contribution < -0.4 is 5.73 Å². The van der Waals surface area contributed by atoms with Crippen molar-refractivity contribution in [2.75, 3.05) is 0 Å². The smallest absolute Gasteiger partial charge is 0.0638 e. The maximum absolute atomic E-state index is 5.62. The SMILES string of the molecule is Cc1nn(CC2CCCC2)cc1CN. The zero-order valence-corrected chi connectivity index (χ0v) is 8.87. The van der Waals surface area contributed by atoms with E-state index in [2.05, 4.69) is 16.0 Å². The van der Waals surface area contributed by atoms with Gasteiger partial charge in [0, 0.05) is 24.8 Å². The summed E-state index contributed by atoms with van der Waals surface area (Å²) >= 11 is 0. The highest BCUT2D eigenvalue weighted by atomic mass is 15.3. The Kier molecular flexibility index (Phi) is 2.87. The summed E-state index contributed by atoms with van der Waals surface area (Å²) in [5.41, 5.74) is 7.89. The van der Waals surface area contributed by atoms with Crippen LogP contribution in [0.5, 0.6) is 0 Å². The molecule has 1 aromatic rings. The predicted octanol–water partition coefficient (Wildman–Crippen LogP) is 1.84. The van der Waals surface area contributed by atoms with Gasteiger partial charge in [-0.15, -0.1) is 0 Å². The monoisotopic (exact) mass is 193 g/mol. The minimum absolute atomic E-state index is 0.608. The molecule has 2 rings (SSSR count). The number of aryl methyl sites for hydroxylation is 1. The highest BCUT2D eigenvalue weighted by Crippen LogP contribution is 2.26. The fourth-order valence-electron chi connectivity index (χ4n) is 2.31. The molecule has 0 unspecified atom stereocenters. The van der Waals surface area contributed by atoms with Crippen LogP contribution in [0.2, 0.25) is 0 Å². The van der Waals surface area contributed by atoms with E-state index in [1.165, 1.54) is 31.2 Å². The van der Waals surface area contributed by atoms with Gasteiger partial charge in [0.1, 0.15) is 0 Å². The van der Waals surface area contributed by atoms with E-state index in [0.717, 1.165) is 18.2 Å². The molecule has 0 atom stereocenters. The molecule has 1 saturated carbocycles. The predicted molar refractivity (Wildman–Crippen MR) is 56.8 cm³/mol. The molecule has 2 N–H and O–H groups in total. The lowest BCUT2D eigenvalue weighted by Gasteiger charge is -2.07. The lowest BCUT2D eigenvalue weighted by Crippen LogP contribution is -2.07. The lowest BCUT2D eigenvalue weighted by molar-refractivity contribution is 0.427. The third-order valence-corrected chi connectivity index (χ3v) is 3.19. The molecule has 1 heterocycles. The Hall–Kier alpha value is -0.830. The van der Waals surface area contributed by atoms with Crippen molar-refractivity contribution < 1.29 is 0 Å². The first-order chi connectivity index (χ1) is 6.79. The maximum Gasteiger partial charge on any atom is 0.0638 e. The Morgan fingerprint density at radius 3 is 2.79 bits per heavy atom. The molecule has 0 spiro atoms. The molecule has 0 amide bonds. The molecule has 1 aliphatic rings. The highest BCUT2D eigenvalue weighted by Gasteiger charge is 2.16. The average Bonchev–Trinajstić information content (AvgIpc) is 2.76. The van der Waals surface area contributed by atoms with Crippen molar-refractivity contribution in [1.29, 1.82) is 0 Å². The van der Waals surface area contributed by atoms with Crippen molar-refractivity contribution in [1.82, 2.24) is 9.78 Å². The Bertz CT molecular complexity index is 297. The Morgan fingerprint density at radius 1 is 1.50 bits per heavy atom. The number of aromatic nitrogens is 2. The number of nitrogens with two attached hydrogens (primary N) is 1. The van der Waals surface area contributed by atoms with Gasteiger partial charge in [0.05, 0.1) is 5.69 Å². The quantitative estimate of drug-likeness (QED) is 0.796. The second kappa shape index (κ2) is 4.13. The molecule has 0 aromatic carbocycles. The Balaban J connectivity index is 2.01. The van der Waals surface area contributed by atoms with Crippen LogP contribution in [-0.4, -0.2) is 9.78 Å². The number of nitrogens with zero attached hydrogens (tertiary/aromatic N) is 2. The average molecular weight is 193 g/mol. The van der Waals surface area contributed by atoms with Crippen LogP contribution in [0, 0.1) is 12.8 Å². The molecule has 1 aromatic heterocycles. The molecule has 0 bridgehead atoms. The van der Waals surface area contributed by atoms with Crippen molar-refractivity contribution in [3.05, 3.63) is 17.5 Å². The fourth-order valence-corrected chi connectivity index (χ4v) is 2.31. The third kappa shape index (κ3) is 1.98. The van der Waals surface area contributed by atoms with Crippen molar-refractivity contribution >= 4 is 0 Å². The van der Waals surface area contributed by atoms with E-state index in [0.29, 0.717) is 6.54 Å². The second-order valence-corrected chi connectivity index (χ2v) is 4.32. The summed E-state index contributed by atoms with van der Waals surface area (Å²) in [6.07, 6.45) is 7.64. The summed E-state index contributed by atoms with van der Waals surface area (Å²) in [7, 11) is 0. The summed E-state index contributed by atoms with van der Waals surface area (Å²) in [5, 5.41) is 4.48. The molecule has 3 heteroatoms. The largest absolute Gasteiger partial charge is 0.326 e. The van der Waals surface area contributed by atoms with Crippen molar-refractivity contribution in [3.8, 4) is 0 Å². The topological polar surface area (TPSA) is 43.8 Å². The van der Waals surface area contributed by atoms with Gasteiger partial charge in [0.15, 0.2) is 0 Å².